The van der Waals surface area contributed by atoms with Gasteiger partial charge in [-0.15, -0.1) is 0 Å². The highest BCUT2D eigenvalue weighted by Gasteiger charge is 2.06. The van der Waals surface area contributed by atoms with Crippen molar-refractivity contribution in [2.75, 3.05) is 0 Å². The summed E-state index contributed by atoms with van der Waals surface area (Å²) in [5.74, 6) is 0.901. The van der Waals surface area contributed by atoms with Crippen LogP contribution in [-0.4, -0.2) is 11.4 Å². The second-order valence-electron chi connectivity index (χ2n) is 2.98. The predicted octanol–water partition coefficient (Wildman–Crippen LogP) is 2.36. The second kappa shape index (κ2) is 4.99. The first-order valence-electron chi connectivity index (χ1n) is 4.55. The molecule has 12 heavy (non-hydrogen) atoms. The van der Waals surface area contributed by atoms with Crippen molar-refractivity contribution in [3.63, 3.8) is 0 Å². The molecule has 0 saturated heterocycles. The molecule has 1 N–H and O–H groups in total. The average molecular weight is 168 g/mol. The van der Waals surface area contributed by atoms with Crippen LogP contribution in [0.4, 0.5) is 0 Å². The van der Waals surface area contributed by atoms with E-state index < -0.39 is 6.29 Å². The van der Waals surface area contributed by atoms with E-state index in [9.17, 15) is 0 Å². The van der Waals surface area contributed by atoms with Gasteiger partial charge in [-0.05, 0) is 18.6 Å². The topological polar surface area (TPSA) is 29.5 Å². The van der Waals surface area contributed by atoms with E-state index in [-0.39, 0.29) is 0 Å². The fraction of sp³-hybridized carbons (Fsp3) is 0.600. The molecule has 68 valence electrons. The molecule has 1 rings (SSSR count). The Balaban J connectivity index is 2.23. The molecule has 0 spiro atoms. The standard InChI is InChI=1S/C10H16O2/c1-2-3-4-6-9-7-5-8-10(11)12-9/h5,7-8,10-11H,2-4,6H2,1H3. The van der Waals surface area contributed by atoms with E-state index in [4.69, 9.17) is 9.84 Å². The number of unbranched alkanes of at least 4 members (excludes halogenated alkanes) is 2. The van der Waals surface area contributed by atoms with Gasteiger partial charge in [0.1, 0.15) is 0 Å². The molecule has 0 saturated carbocycles. The third-order valence-corrected chi connectivity index (χ3v) is 1.86. The lowest BCUT2D eigenvalue weighted by Gasteiger charge is -2.15. The number of hydrogen-bond donors (Lipinski definition) is 1. The second-order valence-corrected chi connectivity index (χ2v) is 2.98. The molecule has 0 fully saturated rings. The van der Waals surface area contributed by atoms with Crippen LogP contribution in [-0.2, 0) is 4.74 Å². The summed E-state index contributed by atoms with van der Waals surface area (Å²) in [5.41, 5.74) is 0. The highest BCUT2D eigenvalue weighted by molar-refractivity contribution is 5.12. The van der Waals surface area contributed by atoms with Gasteiger partial charge in [0.2, 0.25) is 6.29 Å². The zero-order valence-electron chi connectivity index (χ0n) is 7.49. The molecule has 0 aliphatic carbocycles. The number of hydrogen-bond acceptors (Lipinski definition) is 2. The van der Waals surface area contributed by atoms with Crippen molar-refractivity contribution in [1.29, 1.82) is 0 Å². The van der Waals surface area contributed by atoms with Gasteiger partial charge in [-0.3, -0.25) is 0 Å². The van der Waals surface area contributed by atoms with Crippen molar-refractivity contribution < 1.29 is 9.84 Å². The number of aliphatic hydroxyl groups excluding tert-OH is 1. The van der Waals surface area contributed by atoms with Crippen LogP contribution in [0.1, 0.15) is 32.6 Å². The molecule has 0 aromatic rings. The SMILES string of the molecule is CCCCCC1=CC=CC(O)O1. The Morgan fingerprint density at radius 2 is 2.33 bits per heavy atom. The normalized spacial score (nSPS) is 21.8. The van der Waals surface area contributed by atoms with Crippen LogP contribution in [0.3, 0.4) is 0 Å². The lowest BCUT2D eigenvalue weighted by Crippen LogP contribution is -2.10. The molecule has 1 unspecified atom stereocenters. The Kier molecular flexibility index (Phi) is 3.88. The zero-order valence-corrected chi connectivity index (χ0v) is 7.49. The zero-order chi connectivity index (χ0) is 8.81. The Labute approximate surface area is 73.5 Å². The molecule has 0 amide bonds. The Bertz CT molecular complexity index is 182. The van der Waals surface area contributed by atoms with Crippen molar-refractivity contribution in [2.45, 2.75) is 38.9 Å². The van der Waals surface area contributed by atoms with Gasteiger partial charge in [-0.25, -0.2) is 0 Å². The minimum absolute atomic E-state index is 0.730. The molecule has 0 radical (unpaired) electrons. The molecule has 0 aromatic carbocycles. The first kappa shape index (κ1) is 9.33. The molecular formula is C10H16O2. The van der Waals surface area contributed by atoms with Gasteiger partial charge >= 0.3 is 0 Å². The van der Waals surface area contributed by atoms with Gasteiger partial charge in [0.25, 0.3) is 0 Å². The largest absolute Gasteiger partial charge is 0.466 e. The van der Waals surface area contributed by atoms with E-state index >= 15 is 0 Å². The lowest BCUT2D eigenvalue weighted by atomic mass is 10.1. The van der Waals surface area contributed by atoms with Crippen molar-refractivity contribution in [3.05, 3.63) is 24.0 Å². The van der Waals surface area contributed by atoms with Crippen molar-refractivity contribution in [1.82, 2.24) is 0 Å². The summed E-state index contributed by atoms with van der Waals surface area (Å²) in [5, 5.41) is 9.09. The fourth-order valence-electron chi connectivity index (χ4n) is 1.18. The molecule has 2 heteroatoms. The predicted molar refractivity (Wildman–Crippen MR) is 48.5 cm³/mol. The maximum Gasteiger partial charge on any atom is 0.217 e. The highest BCUT2D eigenvalue weighted by atomic mass is 16.6. The fourth-order valence-corrected chi connectivity index (χ4v) is 1.18. The van der Waals surface area contributed by atoms with E-state index in [0.29, 0.717) is 0 Å². The summed E-state index contributed by atoms with van der Waals surface area (Å²) in [7, 11) is 0. The van der Waals surface area contributed by atoms with E-state index in [1.54, 1.807) is 6.08 Å². The summed E-state index contributed by atoms with van der Waals surface area (Å²) < 4.78 is 5.16. The lowest BCUT2D eigenvalue weighted by molar-refractivity contribution is -0.0323. The molecule has 1 heterocycles. The monoisotopic (exact) mass is 168 g/mol. The van der Waals surface area contributed by atoms with Gasteiger partial charge in [0.15, 0.2) is 0 Å². The number of ether oxygens (including phenoxy) is 1. The molecule has 1 aliphatic rings. The van der Waals surface area contributed by atoms with Gasteiger partial charge in [-0.1, -0.05) is 25.8 Å². The van der Waals surface area contributed by atoms with E-state index in [1.807, 2.05) is 12.2 Å². The maximum atomic E-state index is 9.09. The van der Waals surface area contributed by atoms with Gasteiger partial charge in [0.05, 0.1) is 5.76 Å². The summed E-state index contributed by atoms with van der Waals surface area (Å²) in [6.07, 6.45) is 9.18. The van der Waals surface area contributed by atoms with E-state index in [0.717, 1.165) is 18.6 Å². The smallest absolute Gasteiger partial charge is 0.217 e. The third kappa shape index (κ3) is 3.09. The Hall–Kier alpha value is -0.760. The van der Waals surface area contributed by atoms with Crippen LogP contribution >= 0.6 is 0 Å². The van der Waals surface area contributed by atoms with Crippen molar-refractivity contribution >= 4 is 0 Å². The molecule has 2 nitrogen and oxygen atoms in total. The van der Waals surface area contributed by atoms with E-state index in [1.165, 1.54) is 12.8 Å². The Morgan fingerprint density at radius 1 is 1.50 bits per heavy atom. The maximum absolute atomic E-state index is 9.09. The number of allylic oxidation sites excluding steroid dienone is 3. The Morgan fingerprint density at radius 3 is 3.00 bits per heavy atom. The summed E-state index contributed by atoms with van der Waals surface area (Å²) in [4.78, 5) is 0. The quantitative estimate of drug-likeness (QED) is 0.653. The molecule has 0 aromatic heterocycles. The van der Waals surface area contributed by atoms with Crippen LogP contribution in [0.5, 0.6) is 0 Å². The number of rotatable bonds is 4. The molecule has 1 atom stereocenters. The van der Waals surface area contributed by atoms with Gasteiger partial charge in [0, 0.05) is 6.42 Å². The third-order valence-electron chi connectivity index (χ3n) is 1.86. The summed E-state index contributed by atoms with van der Waals surface area (Å²) in [6.45, 7) is 2.17. The first-order chi connectivity index (χ1) is 5.83. The first-order valence-corrected chi connectivity index (χ1v) is 4.55. The minimum Gasteiger partial charge on any atom is -0.466 e. The van der Waals surface area contributed by atoms with Crippen LogP contribution in [0.15, 0.2) is 24.0 Å². The average Bonchev–Trinajstić information content (AvgIpc) is 2.05. The van der Waals surface area contributed by atoms with Gasteiger partial charge < -0.3 is 9.84 Å². The van der Waals surface area contributed by atoms with E-state index in [2.05, 4.69) is 6.92 Å². The molecular weight excluding hydrogens is 152 g/mol. The van der Waals surface area contributed by atoms with Crippen molar-refractivity contribution in [2.24, 2.45) is 0 Å². The van der Waals surface area contributed by atoms with Crippen LogP contribution < -0.4 is 0 Å². The van der Waals surface area contributed by atoms with Crippen LogP contribution in [0.25, 0.3) is 0 Å². The summed E-state index contributed by atoms with van der Waals surface area (Å²) in [6, 6.07) is 0. The molecule has 1 aliphatic heterocycles. The minimum atomic E-state index is -0.730. The van der Waals surface area contributed by atoms with Crippen LogP contribution in [0.2, 0.25) is 0 Å². The number of aliphatic hydroxyl groups is 1. The highest BCUT2D eigenvalue weighted by Crippen LogP contribution is 2.15. The van der Waals surface area contributed by atoms with Gasteiger partial charge in [-0.2, -0.15) is 0 Å². The molecule has 0 bridgehead atoms. The van der Waals surface area contributed by atoms with Crippen molar-refractivity contribution in [3.8, 4) is 0 Å². The van der Waals surface area contributed by atoms with Crippen LogP contribution in [0, 0.1) is 0 Å². The summed E-state index contributed by atoms with van der Waals surface area (Å²) >= 11 is 0.